The number of hydrogen-bond donors (Lipinski definition) is 0. The minimum Gasteiger partial charge on any atom is -0.490 e. The lowest BCUT2D eigenvalue weighted by molar-refractivity contribution is -0.197. The van der Waals surface area contributed by atoms with Crippen molar-refractivity contribution < 1.29 is 9.53 Å². The first-order valence-electron chi connectivity index (χ1n) is 8.32. The molecule has 0 saturated carbocycles. The molecule has 1 aromatic carbocycles. The van der Waals surface area contributed by atoms with Gasteiger partial charge in [0.25, 0.3) is 0 Å². The summed E-state index contributed by atoms with van der Waals surface area (Å²) in [6.45, 7) is 12.0. The number of ketones is 1. The molecule has 23 heavy (non-hydrogen) atoms. The molecule has 5 rings (SSSR count). The van der Waals surface area contributed by atoms with Crippen molar-refractivity contribution in [2.45, 2.75) is 20.0 Å². The van der Waals surface area contributed by atoms with Crippen molar-refractivity contribution in [2.75, 3.05) is 32.8 Å². The zero-order valence-corrected chi connectivity index (χ0v) is 13.9. The fourth-order valence-electron chi connectivity index (χ4n) is 4.91. The zero-order chi connectivity index (χ0) is 16.2. The van der Waals surface area contributed by atoms with E-state index in [1.54, 1.807) is 6.08 Å². The van der Waals surface area contributed by atoms with E-state index >= 15 is 0 Å². The maximum absolute atomic E-state index is 12.7. The number of piperidine rings is 2. The molecule has 0 N–H and O–H groups in total. The predicted molar refractivity (Wildman–Crippen MR) is 89.2 cm³/mol. The molecule has 4 heterocycles. The van der Waals surface area contributed by atoms with Crippen molar-refractivity contribution in [3.8, 4) is 5.75 Å². The highest BCUT2D eigenvalue weighted by molar-refractivity contribution is 5.92. The van der Waals surface area contributed by atoms with Gasteiger partial charge in [0.15, 0.2) is 0 Å². The summed E-state index contributed by atoms with van der Waals surface area (Å²) in [4.78, 5) is 17.7. The van der Waals surface area contributed by atoms with Crippen LogP contribution in [0.5, 0.6) is 5.75 Å². The second-order valence-electron chi connectivity index (χ2n) is 7.80. The summed E-state index contributed by atoms with van der Waals surface area (Å²) >= 11 is 0. The van der Waals surface area contributed by atoms with Crippen LogP contribution >= 0.6 is 0 Å². The van der Waals surface area contributed by atoms with Gasteiger partial charge in [0, 0.05) is 26.2 Å². The molecule has 0 unspecified atom stereocenters. The number of hydrogen-bond acceptors (Lipinski definition) is 4. The Bertz CT molecular complexity index is 612. The van der Waals surface area contributed by atoms with Crippen LogP contribution in [0, 0.1) is 10.8 Å². The van der Waals surface area contributed by atoms with Crippen LogP contribution in [0.15, 0.2) is 36.9 Å². The lowest BCUT2D eigenvalue weighted by Gasteiger charge is -2.64. The van der Waals surface area contributed by atoms with Crippen LogP contribution in [0.25, 0.3) is 0 Å². The largest absolute Gasteiger partial charge is 0.490 e. The first kappa shape index (κ1) is 14.9. The van der Waals surface area contributed by atoms with E-state index in [2.05, 4.69) is 42.4 Å². The molecule has 4 fully saturated rings. The Morgan fingerprint density at radius 3 is 2.13 bits per heavy atom. The number of Topliss-reactive ketones (excluding diaryl/α,β-unsaturated/α-hetero) is 1. The maximum atomic E-state index is 12.7. The second kappa shape index (κ2) is 4.92. The van der Waals surface area contributed by atoms with Gasteiger partial charge >= 0.3 is 0 Å². The molecule has 0 spiro atoms. The Hall–Kier alpha value is -1.65. The third kappa shape index (κ3) is 2.16. The monoisotopic (exact) mass is 312 g/mol. The molecule has 4 aliphatic heterocycles. The lowest BCUT2D eigenvalue weighted by Crippen LogP contribution is -2.75. The molecule has 0 radical (unpaired) electrons. The number of benzene rings is 1. The van der Waals surface area contributed by atoms with Gasteiger partial charge in [-0.2, -0.15) is 0 Å². The van der Waals surface area contributed by atoms with Crippen molar-refractivity contribution >= 4 is 5.78 Å². The van der Waals surface area contributed by atoms with Crippen molar-refractivity contribution in [1.82, 2.24) is 9.80 Å². The summed E-state index contributed by atoms with van der Waals surface area (Å²) in [5, 5.41) is 0. The fraction of sp³-hybridized carbons (Fsp3) is 0.526. The van der Waals surface area contributed by atoms with E-state index in [9.17, 15) is 4.79 Å². The van der Waals surface area contributed by atoms with Gasteiger partial charge in [0.1, 0.15) is 18.1 Å². The molecule has 0 aromatic heterocycles. The third-order valence-corrected chi connectivity index (χ3v) is 5.54. The highest BCUT2D eigenvalue weighted by Crippen LogP contribution is 2.51. The molecule has 4 bridgehead atoms. The van der Waals surface area contributed by atoms with Crippen LogP contribution in [0.1, 0.15) is 25.6 Å². The van der Waals surface area contributed by atoms with Crippen LogP contribution in [0.4, 0.5) is 0 Å². The molecule has 0 amide bonds. The van der Waals surface area contributed by atoms with Crippen LogP contribution < -0.4 is 4.74 Å². The zero-order valence-electron chi connectivity index (χ0n) is 13.9. The standard InChI is InChI=1S/C19H24N2O2/c1-4-9-23-15-7-5-14(6-8-15)16-20-10-18(2)11-21(16)13-19(3,12-20)17(18)22/h4-8,16H,1,9-13H2,2-3H3. The highest BCUT2D eigenvalue weighted by Gasteiger charge is 2.61. The molecule has 122 valence electrons. The Balaban J connectivity index is 1.60. The van der Waals surface area contributed by atoms with E-state index in [4.69, 9.17) is 4.74 Å². The minimum atomic E-state index is -0.200. The van der Waals surface area contributed by atoms with Crippen molar-refractivity contribution in [2.24, 2.45) is 10.8 Å². The van der Waals surface area contributed by atoms with Crippen molar-refractivity contribution in [1.29, 1.82) is 0 Å². The quantitative estimate of drug-likeness (QED) is 0.800. The molecule has 0 atom stereocenters. The van der Waals surface area contributed by atoms with Crippen LogP contribution in [-0.2, 0) is 4.79 Å². The van der Waals surface area contributed by atoms with Crippen LogP contribution in [-0.4, -0.2) is 48.4 Å². The number of nitrogens with zero attached hydrogens (tertiary/aromatic N) is 2. The Kier molecular flexibility index (Phi) is 3.19. The SMILES string of the molecule is C=CCOc1ccc(C2N3CC4(C)CN2CC(C)(C3)C4=O)cc1. The number of rotatable bonds is 4. The predicted octanol–water partition coefficient (Wildman–Crippen LogP) is 2.48. The summed E-state index contributed by atoms with van der Waals surface area (Å²) in [5.74, 6) is 1.33. The van der Waals surface area contributed by atoms with E-state index in [0.29, 0.717) is 12.4 Å². The molecule has 1 aromatic rings. The van der Waals surface area contributed by atoms with Gasteiger partial charge in [-0.15, -0.1) is 0 Å². The summed E-state index contributed by atoms with van der Waals surface area (Å²) in [6.07, 6.45) is 2.04. The number of carbonyl (C=O) groups excluding carboxylic acids is 1. The van der Waals surface area contributed by atoms with E-state index in [0.717, 1.165) is 31.9 Å². The third-order valence-electron chi connectivity index (χ3n) is 5.54. The molecule has 4 aliphatic rings. The summed E-state index contributed by atoms with van der Waals surface area (Å²) in [6, 6.07) is 8.36. The Labute approximate surface area is 137 Å². The molecular weight excluding hydrogens is 288 g/mol. The Morgan fingerprint density at radius 2 is 1.65 bits per heavy atom. The van der Waals surface area contributed by atoms with Gasteiger partial charge in [0.2, 0.25) is 0 Å². The summed E-state index contributed by atoms with van der Waals surface area (Å²) < 4.78 is 5.57. The number of carbonyl (C=O) groups is 1. The maximum Gasteiger partial charge on any atom is 0.149 e. The highest BCUT2D eigenvalue weighted by atomic mass is 16.5. The van der Waals surface area contributed by atoms with Gasteiger partial charge in [-0.25, -0.2) is 0 Å². The topological polar surface area (TPSA) is 32.8 Å². The Morgan fingerprint density at radius 1 is 1.13 bits per heavy atom. The second-order valence-corrected chi connectivity index (χ2v) is 7.80. The average molecular weight is 312 g/mol. The van der Waals surface area contributed by atoms with E-state index in [1.165, 1.54) is 5.56 Å². The molecule has 4 saturated heterocycles. The van der Waals surface area contributed by atoms with Gasteiger partial charge in [-0.05, 0) is 17.7 Å². The van der Waals surface area contributed by atoms with E-state index < -0.39 is 0 Å². The molecule has 4 nitrogen and oxygen atoms in total. The average Bonchev–Trinajstić information content (AvgIpc) is 2.50. The van der Waals surface area contributed by atoms with Gasteiger partial charge in [0.05, 0.1) is 17.0 Å². The molecule has 0 aliphatic carbocycles. The first-order valence-corrected chi connectivity index (χ1v) is 8.32. The summed E-state index contributed by atoms with van der Waals surface area (Å²) in [5.41, 5.74) is 0.887. The van der Waals surface area contributed by atoms with Gasteiger partial charge in [-0.1, -0.05) is 38.6 Å². The fourth-order valence-corrected chi connectivity index (χ4v) is 4.91. The van der Waals surface area contributed by atoms with Gasteiger partial charge < -0.3 is 4.74 Å². The van der Waals surface area contributed by atoms with E-state index in [-0.39, 0.29) is 17.0 Å². The van der Waals surface area contributed by atoms with E-state index in [1.807, 2.05) is 12.1 Å². The van der Waals surface area contributed by atoms with Crippen molar-refractivity contribution in [3.05, 3.63) is 42.5 Å². The smallest absolute Gasteiger partial charge is 0.149 e. The summed E-state index contributed by atoms with van der Waals surface area (Å²) in [7, 11) is 0. The normalized spacial score (nSPS) is 41.1. The lowest BCUT2D eigenvalue weighted by atomic mass is 9.62. The number of ether oxygens (including phenoxy) is 1. The van der Waals surface area contributed by atoms with Crippen molar-refractivity contribution in [3.63, 3.8) is 0 Å². The van der Waals surface area contributed by atoms with Crippen LogP contribution in [0.3, 0.4) is 0 Å². The first-order chi connectivity index (χ1) is 11.0. The molecule has 4 heteroatoms. The van der Waals surface area contributed by atoms with Crippen LogP contribution in [0.2, 0.25) is 0 Å². The van der Waals surface area contributed by atoms with Gasteiger partial charge in [-0.3, -0.25) is 14.6 Å². The minimum absolute atomic E-state index is 0.200. The molecular formula is C19H24N2O2.